The summed E-state index contributed by atoms with van der Waals surface area (Å²) >= 11 is 6.04. The lowest BCUT2D eigenvalue weighted by atomic mass is 9.97. The number of nitrogens with one attached hydrogen (secondary N) is 1. The van der Waals surface area contributed by atoms with Crippen LogP contribution in [0.1, 0.15) is 30.9 Å². The van der Waals surface area contributed by atoms with Gasteiger partial charge in [0.1, 0.15) is 5.54 Å². The number of nitrogens with zero attached hydrogens (tertiary/aromatic N) is 1. The number of rotatable bonds is 5. The first kappa shape index (κ1) is 17.5. The fourth-order valence-electron chi connectivity index (χ4n) is 3.18. The molecule has 0 bridgehead atoms. The van der Waals surface area contributed by atoms with Gasteiger partial charge in [-0.05, 0) is 36.6 Å². The highest BCUT2D eigenvalue weighted by atomic mass is 35.5. The second-order valence-corrected chi connectivity index (χ2v) is 6.99. The Hall–Kier alpha value is -2.33. The molecular weight excluding hydrogens is 336 g/mol. The molecule has 1 heterocycles. The van der Waals surface area contributed by atoms with Gasteiger partial charge in [-0.3, -0.25) is 9.59 Å². The molecule has 1 fully saturated rings. The SMILES string of the molecule is C[C@@]1(C(=O)NCc2ccccc2)CCC(=O)N1Cc1cccc(Cl)c1. The van der Waals surface area contributed by atoms with Crippen LogP contribution in [0.5, 0.6) is 0 Å². The van der Waals surface area contributed by atoms with Crippen LogP contribution in [-0.2, 0) is 22.7 Å². The Morgan fingerprint density at radius 1 is 1.16 bits per heavy atom. The van der Waals surface area contributed by atoms with Crippen LogP contribution < -0.4 is 5.32 Å². The van der Waals surface area contributed by atoms with Crippen molar-refractivity contribution in [1.29, 1.82) is 0 Å². The molecule has 1 aliphatic rings. The first-order valence-corrected chi connectivity index (χ1v) is 8.74. The summed E-state index contributed by atoms with van der Waals surface area (Å²) in [4.78, 5) is 26.9. The summed E-state index contributed by atoms with van der Waals surface area (Å²) in [6, 6.07) is 17.1. The highest BCUT2D eigenvalue weighted by Gasteiger charge is 2.47. The molecule has 0 unspecified atom stereocenters. The van der Waals surface area contributed by atoms with E-state index in [2.05, 4.69) is 5.32 Å². The molecule has 3 rings (SSSR count). The molecule has 2 aromatic carbocycles. The normalized spacial score (nSPS) is 19.9. The van der Waals surface area contributed by atoms with E-state index in [9.17, 15) is 9.59 Å². The molecule has 130 valence electrons. The molecule has 1 N–H and O–H groups in total. The molecule has 0 radical (unpaired) electrons. The van der Waals surface area contributed by atoms with Crippen LogP contribution in [0, 0.1) is 0 Å². The summed E-state index contributed by atoms with van der Waals surface area (Å²) < 4.78 is 0. The van der Waals surface area contributed by atoms with E-state index in [0.29, 0.717) is 31.0 Å². The van der Waals surface area contributed by atoms with Crippen molar-refractivity contribution in [2.24, 2.45) is 0 Å². The lowest BCUT2D eigenvalue weighted by molar-refractivity contribution is -0.141. The molecule has 1 aliphatic heterocycles. The van der Waals surface area contributed by atoms with Crippen molar-refractivity contribution >= 4 is 23.4 Å². The Balaban J connectivity index is 1.73. The van der Waals surface area contributed by atoms with Gasteiger partial charge in [0.2, 0.25) is 11.8 Å². The van der Waals surface area contributed by atoms with Crippen LogP contribution in [0.25, 0.3) is 0 Å². The predicted molar refractivity (Wildman–Crippen MR) is 97.9 cm³/mol. The van der Waals surface area contributed by atoms with E-state index < -0.39 is 5.54 Å². The van der Waals surface area contributed by atoms with E-state index >= 15 is 0 Å². The van der Waals surface area contributed by atoms with Crippen molar-refractivity contribution in [3.05, 3.63) is 70.7 Å². The smallest absolute Gasteiger partial charge is 0.245 e. The van der Waals surface area contributed by atoms with E-state index in [0.717, 1.165) is 11.1 Å². The summed E-state index contributed by atoms with van der Waals surface area (Å²) in [5, 5.41) is 3.59. The topological polar surface area (TPSA) is 49.4 Å². The van der Waals surface area contributed by atoms with Gasteiger partial charge >= 0.3 is 0 Å². The number of hydrogen-bond donors (Lipinski definition) is 1. The minimum Gasteiger partial charge on any atom is -0.350 e. The third-order valence-electron chi connectivity index (χ3n) is 4.74. The third-order valence-corrected chi connectivity index (χ3v) is 4.97. The standard InChI is InChI=1S/C20H21ClN2O2/c1-20(19(25)22-13-15-6-3-2-4-7-15)11-10-18(24)23(20)14-16-8-5-9-17(21)12-16/h2-9,12H,10-11,13-14H2,1H3,(H,22,25)/t20-/m0/s1. The fraction of sp³-hybridized carbons (Fsp3) is 0.300. The highest BCUT2D eigenvalue weighted by molar-refractivity contribution is 6.30. The van der Waals surface area contributed by atoms with Gasteiger partial charge in [-0.25, -0.2) is 0 Å². The van der Waals surface area contributed by atoms with Crippen molar-refractivity contribution in [2.75, 3.05) is 0 Å². The molecule has 0 saturated carbocycles. The number of amides is 2. The number of carbonyl (C=O) groups excluding carboxylic acids is 2. The second-order valence-electron chi connectivity index (χ2n) is 6.55. The van der Waals surface area contributed by atoms with Gasteiger partial charge in [-0.1, -0.05) is 54.1 Å². The number of likely N-dealkylation sites (tertiary alicyclic amines) is 1. The maximum absolute atomic E-state index is 12.8. The van der Waals surface area contributed by atoms with E-state index in [4.69, 9.17) is 11.6 Å². The lowest BCUT2D eigenvalue weighted by Gasteiger charge is -2.34. The Kier molecular flexibility index (Phi) is 5.09. The largest absolute Gasteiger partial charge is 0.350 e. The number of hydrogen-bond acceptors (Lipinski definition) is 2. The van der Waals surface area contributed by atoms with Gasteiger partial charge in [0, 0.05) is 24.5 Å². The summed E-state index contributed by atoms with van der Waals surface area (Å²) in [5.41, 5.74) is 1.11. The molecule has 2 aromatic rings. The average molecular weight is 357 g/mol. The minimum atomic E-state index is -0.839. The molecule has 1 atom stereocenters. The summed E-state index contributed by atoms with van der Waals surface area (Å²) in [6.45, 7) is 2.67. The van der Waals surface area contributed by atoms with Crippen LogP contribution >= 0.6 is 11.6 Å². The summed E-state index contributed by atoms with van der Waals surface area (Å²) in [5.74, 6) is -0.124. The zero-order chi connectivity index (χ0) is 17.9. The van der Waals surface area contributed by atoms with Crippen molar-refractivity contribution in [3.8, 4) is 0 Å². The van der Waals surface area contributed by atoms with Gasteiger partial charge in [-0.2, -0.15) is 0 Å². The third kappa shape index (κ3) is 3.85. The summed E-state index contributed by atoms with van der Waals surface area (Å²) in [7, 11) is 0. The van der Waals surface area contributed by atoms with E-state index in [1.165, 1.54) is 0 Å². The van der Waals surface area contributed by atoms with E-state index in [-0.39, 0.29) is 11.8 Å². The molecule has 0 aromatic heterocycles. The van der Waals surface area contributed by atoms with Crippen LogP contribution in [-0.4, -0.2) is 22.3 Å². The second kappa shape index (κ2) is 7.28. The van der Waals surface area contributed by atoms with E-state index in [1.54, 1.807) is 11.0 Å². The van der Waals surface area contributed by atoms with Crippen LogP contribution in [0.2, 0.25) is 5.02 Å². The van der Waals surface area contributed by atoms with Gasteiger partial charge in [0.05, 0.1) is 0 Å². The van der Waals surface area contributed by atoms with Crippen molar-refractivity contribution < 1.29 is 9.59 Å². The van der Waals surface area contributed by atoms with Gasteiger partial charge in [0.25, 0.3) is 0 Å². The molecule has 25 heavy (non-hydrogen) atoms. The first-order valence-electron chi connectivity index (χ1n) is 8.36. The zero-order valence-electron chi connectivity index (χ0n) is 14.2. The molecule has 1 saturated heterocycles. The fourth-order valence-corrected chi connectivity index (χ4v) is 3.39. The number of benzene rings is 2. The summed E-state index contributed by atoms with van der Waals surface area (Å²) in [6.07, 6.45) is 0.906. The van der Waals surface area contributed by atoms with Gasteiger partial charge in [0.15, 0.2) is 0 Å². The quantitative estimate of drug-likeness (QED) is 0.890. The lowest BCUT2D eigenvalue weighted by Crippen LogP contribution is -2.53. The van der Waals surface area contributed by atoms with Gasteiger partial charge in [-0.15, -0.1) is 0 Å². The molecular formula is C20H21ClN2O2. The van der Waals surface area contributed by atoms with Crippen LogP contribution in [0.4, 0.5) is 0 Å². The Morgan fingerprint density at radius 3 is 2.60 bits per heavy atom. The molecule has 0 aliphatic carbocycles. The van der Waals surface area contributed by atoms with Crippen molar-refractivity contribution in [2.45, 2.75) is 38.4 Å². The minimum absolute atomic E-state index is 0.00247. The number of halogens is 1. The average Bonchev–Trinajstić information content (AvgIpc) is 2.90. The molecule has 0 spiro atoms. The van der Waals surface area contributed by atoms with Gasteiger partial charge < -0.3 is 10.2 Å². The molecule has 2 amide bonds. The zero-order valence-corrected chi connectivity index (χ0v) is 14.9. The Labute approximate surface area is 152 Å². The van der Waals surface area contributed by atoms with Crippen LogP contribution in [0.15, 0.2) is 54.6 Å². The Bertz CT molecular complexity index is 778. The maximum Gasteiger partial charge on any atom is 0.245 e. The molecule has 4 nitrogen and oxygen atoms in total. The Morgan fingerprint density at radius 2 is 1.88 bits per heavy atom. The van der Waals surface area contributed by atoms with Crippen molar-refractivity contribution in [1.82, 2.24) is 10.2 Å². The van der Waals surface area contributed by atoms with Crippen LogP contribution in [0.3, 0.4) is 0 Å². The van der Waals surface area contributed by atoms with E-state index in [1.807, 2.05) is 55.5 Å². The number of carbonyl (C=O) groups is 2. The molecule has 5 heteroatoms. The van der Waals surface area contributed by atoms with Crippen molar-refractivity contribution in [3.63, 3.8) is 0 Å². The maximum atomic E-state index is 12.8. The highest BCUT2D eigenvalue weighted by Crippen LogP contribution is 2.32. The monoisotopic (exact) mass is 356 g/mol. The first-order chi connectivity index (χ1) is 12.0. The predicted octanol–water partition coefficient (Wildman–Crippen LogP) is 3.54.